The molecule has 0 spiro atoms. The number of carbonyl (C=O) groups excluding carboxylic acids is 1. The van der Waals surface area contributed by atoms with Crippen molar-refractivity contribution in [3.63, 3.8) is 0 Å². The van der Waals surface area contributed by atoms with Gasteiger partial charge in [-0.15, -0.1) is 0 Å². The van der Waals surface area contributed by atoms with E-state index in [0.29, 0.717) is 29.9 Å². The fourth-order valence-corrected chi connectivity index (χ4v) is 5.84. The number of aliphatic hydroxyl groups excluding tert-OH is 1. The van der Waals surface area contributed by atoms with Crippen LogP contribution in [0.4, 0.5) is 0 Å². The van der Waals surface area contributed by atoms with Crippen LogP contribution in [-0.2, 0) is 9.53 Å². The fraction of sp³-hybridized carbons (Fsp3) is 0.759. The van der Waals surface area contributed by atoms with Crippen molar-refractivity contribution in [2.75, 3.05) is 13.2 Å². The molecule has 2 unspecified atom stereocenters. The molecule has 3 aliphatic rings. The van der Waals surface area contributed by atoms with Gasteiger partial charge >= 0.3 is 0 Å². The molecule has 0 amide bonds. The second-order valence-electron chi connectivity index (χ2n) is 11.2. The molecule has 0 heterocycles. The lowest BCUT2D eigenvalue weighted by Crippen LogP contribution is -2.32. The van der Waals surface area contributed by atoms with Crippen LogP contribution in [0.15, 0.2) is 35.5 Å². The van der Waals surface area contributed by atoms with Gasteiger partial charge in [0.1, 0.15) is 0 Å². The number of ketones is 1. The van der Waals surface area contributed by atoms with Crippen molar-refractivity contribution in [3.05, 3.63) is 35.5 Å². The molecular formula is C29H46O3. The summed E-state index contributed by atoms with van der Waals surface area (Å²) in [5.74, 6) is 2.46. The lowest BCUT2D eigenvalue weighted by Gasteiger charge is -2.33. The molecule has 0 saturated heterocycles. The van der Waals surface area contributed by atoms with E-state index in [-0.39, 0.29) is 30.3 Å². The Morgan fingerprint density at radius 1 is 1.22 bits per heavy atom. The van der Waals surface area contributed by atoms with Crippen LogP contribution >= 0.6 is 0 Å². The zero-order valence-electron chi connectivity index (χ0n) is 20.9. The van der Waals surface area contributed by atoms with Crippen LogP contribution in [0.5, 0.6) is 0 Å². The third-order valence-corrected chi connectivity index (χ3v) is 8.45. The molecule has 3 aliphatic carbocycles. The van der Waals surface area contributed by atoms with Gasteiger partial charge in [0.15, 0.2) is 5.78 Å². The van der Waals surface area contributed by atoms with E-state index in [1.807, 2.05) is 0 Å². The summed E-state index contributed by atoms with van der Waals surface area (Å²) >= 11 is 0. The lowest BCUT2D eigenvalue weighted by atomic mass is 9.74. The summed E-state index contributed by atoms with van der Waals surface area (Å²) in [5, 5.41) is 9.62. The first kappa shape index (κ1) is 25.4. The second kappa shape index (κ2) is 11.8. The summed E-state index contributed by atoms with van der Waals surface area (Å²) < 4.78 is 6.25. The third-order valence-electron chi connectivity index (χ3n) is 8.45. The third kappa shape index (κ3) is 6.44. The average molecular weight is 443 g/mol. The minimum Gasteiger partial charge on any atom is -0.396 e. The number of Topliss-reactive ketones (excluding diaryl/α,β-unsaturated/α-hetero) is 1. The smallest absolute Gasteiger partial charge is 0.166 e. The van der Waals surface area contributed by atoms with Crippen LogP contribution in [0.2, 0.25) is 0 Å². The van der Waals surface area contributed by atoms with Crippen LogP contribution in [0, 0.1) is 35.5 Å². The normalized spacial score (nSPS) is 30.2. The first-order chi connectivity index (χ1) is 15.3. The van der Waals surface area contributed by atoms with E-state index in [4.69, 9.17) is 4.74 Å². The molecule has 5 atom stereocenters. The van der Waals surface area contributed by atoms with Gasteiger partial charge in [-0.3, -0.25) is 4.79 Å². The summed E-state index contributed by atoms with van der Waals surface area (Å²) in [6.45, 7) is 13.7. The predicted molar refractivity (Wildman–Crippen MR) is 132 cm³/mol. The average Bonchev–Trinajstić information content (AvgIpc) is 3.27. The predicted octanol–water partition coefficient (Wildman–Crippen LogP) is 6.67. The number of hydrogen-bond donors (Lipinski definition) is 1. The van der Waals surface area contributed by atoms with Gasteiger partial charge in [0.05, 0.1) is 12.7 Å². The molecule has 32 heavy (non-hydrogen) atoms. The number of hydrogen-bond acceptors (Lipinski definition) is 3. The lowest BCUT2D eigenvalue weighted by molar-refractivity contribution is -0.120. The largest absolute Gasteiger partial charge is 0.396 e. The monoisotopic (exact) mass is 442 g/mol. The van der Waals surface area contributed by atoms with Gasteiger partial charge in [-0.2, -0.15) is 0 Å². The summed E-state index contributed by atoms with van der Waals surface area (Å²) in [4.78, 5) is 13.4. The second-order valence-corrected chi connectivity index (χ2v) is 11.2. The summed E-state index contributed by atoms with van der Waals surface area (Å²) in [6.07, 6.45) is 15.2. The highest BCUT2D eigenvalue weighted by Crippen LogP contribution is 2.39. The highest BCUT2D eigenvalue weighted by atomic mass is 16.5. The Morgan fingerprint density at radius 2 is 1.94 bits per heavy atom. The van der Waals surface area contributed by atoms with Gasteiger partial charge in [0.2, 0.25) is 0 Å². The van der Waals surface area contributed by atoms with Crippen molar-refractivity contribution in [1.82, 2.24) is 0 Å². The topological polar surface area (TPSA) is 46.5 Å². The Hall–Kier alpha value is -1.19. The Kier molecular flexibility index (Phi) is 9.37. The maximum Gasteiger partial charge on any atom is 0.166 e. The van der Waals surface area contributed by atoms with Crippen molar-refractivity contribution >= 4 is 5.78 Å². The Balaban J connectivity index is 1.56. The van der Waals surface area contributed by atoms with Crippen molar-refractivity contribution in [2.24, 2.45) is 35.5 Å². The van der Waals surface area contributed by atoms with Crippen molar-refractivity contribution in [1.29, 1.82) is 0 Å². The van der Waals surface area contributed by atoms with Crippen molar-refractivity contribution in [2.45, 2.75) is 91.6 Å². The molecule has 0 radical (unpaired) electrons. The maximum absolute atomic E-state index is 13.4. The molecule has 0 bridgehead atoms. The number of carbonyl (C=O) groups is 1. The first-order valence-electron chi connectivity index (χ1n) is 13.1. The molecule has 0 aromatic heterocycles. The number of aliphatic hydroxyl groups is 1. The summed E-state index contributed by atoms with van der Waals surface area (Å²) in [7, 11) is 0. The van der Waals surface area contributed by atoms with Gasteiger partial charge in [0, 0.05) is 24.0 Å². The Morgan fingerprint density at radius 3 is 2.56 bits per heavy atom. The Labute approximate surface area is 196 Å². The van der Waals surface area contributed by atoms with Crippen molar-refractivity contribution < 1.29 is 14.6 Å². The van der Waals surface area contributed by atoms with Gasteiger partial charge in [-0.1, -0.05) is 77.7 Å². The standard InChI is InChI=1S/C29H46O3/c1-19(2)26(17-30)18-32-28-16-25(12-10-20(28)3)22(5)29(31)27-13-11-24(14-21(27)4)15-23-8-6-7-9-23/h12,14,19-21,23,26-28,30H,5-11,13,15-18H2,1-4H3/t20-,21?,26?,27+,28+/m0/s1. The SMILES string of the molecule is C=C(C(=O)[C@@H]1CCC(CC2CCCC2)=CC1C)C1=CC[C@H](C)[C@H](OCC(CO)C(C)C)C1. The van der Waals surface area contributed by atoms with Crippen LogP contribution in [0.25, 0.3) is 0 Å². The molecule has 3 nitrogen and oxygen atoms in total. The van der Waals surface area contributed by atoms with Gasteiger partial charge < -0.3 is 9.84 Å². The number of ether oxygens (including phenoxy) is 1. The van der Waals surface area contributed by atoms with Crippen LogP contribution in [0.1, 0.15) is 85.5 Å². The molecule has 3 rings (SSSR count). The van der Waals surface area contributed by atoms with Crippen LogP contribution < -0.4 is 0 Å². The van der Waals surface area contributed by atoms with E-state index in [2.05, 4.69) is 46.4 Å². The molecule has 3 heteroatoms. The summed E-state index contributed by atoms with van der Waals surface area (Å²) in [5.41, 5.74) is 3.37. The van der Waals surface area contributed by atoms with E-state index < -0.39 is 0 Å². The minimum atomic E-state index is 0.0640. The molecule has 1 fully saturated rings. The Bertz CT molecular complexity index is 710. The maximum atomic E-state index is 13.4. The number of rotatable bonds is 10. The number of allylic oxidation sites excluding steroid dienone is 4. The molecule has 180 valence electrons. The minimum absolute atomic E-state index is 0.0640. The van der Waals surface area contributed by atoms with E-state index >= 15 is 0 Å². The van der Waals surface area contributed by atoms with E-state index in [1.54, 1.807) is 5.57 Å². The first-order valence-corrected chi connectivity index (χ1v) is 13.1. The highest BCUT2D eigenvalue weighted by molar-refractivity contribution is 6.01. The zero-order chi connectivity index (χ0) is 23.3. The highest BCUT2D eigenvalue weighted by Gasteiger charge is 2.33. The van der Waals surface area contributed by atoms with Gasteiger partial charge in [-0.05, 0) is 61.3 Å². The van der Waals surface area contributed by atoms with Crippen molar-refractivity contribution in [3.8, 4) is 0 Å². The van der Waals surface area contributed by atoms with E-state index in [1.165, 1.54) is 32.1 Å². The van der Waals surface area contributed by atoms with Gasteiger partial charge in [0.25, 0.3) is 0 Å². The molecule has 1 N–H and O–H groups in total. The molecule has 0 aromatic rings. The molecule has 0 aliphatic heterocycles. The summed E-state index contributed by atoms with van der Waals surface area (Å²) in [6, 6.07) is 0. The van der Waals surface area contributed by atoms with Crippen LogP contribution in [-0.4, -0.2) is 30.2 Å². The van der Waals surface area contributed by atoms with E-state index in [0.717, 1.165) is 37.2 Å². The quantitative estimate of drug-likeness (QED) is 0.303. The molecule has 1 saturated carbocycles. The van der Waals surface area contributed by atoms with E-state index in [9.17, 15) is 9.90 Å². The zero-order valence-corrected chi connectivity index (χ0v) is 20.9. The fourth-order valence-electron chi connectivity index (χ4n) is 5.84. The molecule has 0 aromatic carbocycles. The van der Waals surface area contributed by atoms with Gasteiger partial charge in [-0.25, -0.2) is 0 Å². The molecular weight excluding hydrogens is 396 g/mol. The van der Waals surface area contributed by atoms with Crippen LogP contribution in [0.3, 0.4) is 0 Å².